The van der Waals surface area contributed by atoms with Crippen LogP contribution in [0.3, 0.4) is 0 Å². The monoisotopic (exact) mass is 297 g/mol. The van der Waals surface area contributed by atoms with E-state index in [-0.39, 0.29) is 23.7 Å². The van der Waals surface area contributed by atoms with Crippen LogP contribution in [0.5, 0.6) is 0 Å². The molecule has 1 unspecified atom stereocenters. The summed E-state index contributed by atoms with van der Waals surface area (Å²) in [5.41, 5.74) is -1.23. The predicted molar refractivity (Wildman–Crippen MR) is 63.1 cm³/mol. The third-order valence-electron chi connectivity index (χ3n) is 2.64. The van der Waals surface area contributed by atoms with Crippen LogP contribution in [0.2, 0.25) is 5.02 Å². The van der Waals surface area contributed by atoms with E-state index in [1.54, 1.807) is 0 Å². The molecule has 7 heteroatoms. The summed E-state index contributed by atoms with van der Waals surface area (Å²) in [7, 11) is 0. The molecule has 0 spiro atoms. The Morgan fingerprint density at radius 2 is 2.00 bits per heavy atom. The minimum Gasteiger partial charge on any atom is -0.309 e. The van der Waals surface area contributed by atoms with Crippen LogP contribution in [0.25, 0.3) is 0 Å². The summed E-state index contributed by atoms with van der Waals surface area (Å²) in [5, 5.41) is -0.598. The van der Waals surface area contributed by atoms with Crippen molar-refractivity contribution in [3.63, 3.8) is 0 Å². The van der Waals surface area contributed by atoms with Crippen LogP contribution < -0.4 is 4.90 Å². The van der Waals surface area contributed by atoms with Crippen LogP contribution in [-0.2, 0) is 11.0 Å². The molecule has 0 aromatic heterocycles. The number of para-hydroxylation sites is 1. The van der Waals surface area contributed by atoms with Gasteiger partial charge in [0.25, 0.3) is 0 Å². The van der Waals surface area contributed by atoms with Gasteiger partial charge in [0, 0.05) is 13.0 Å². The van der Waals surface area contributed by atoms with Crippen molar-refractivity contribution in [2.24, 2.45) is 0 Å². The molecule has 18 heavy (non-hydrogen) atoms. The molecule has 0 N–H and O–H groups in total. The number of amides is 1. The molecule has 0 saturated carbocycles. The fourth-order valence-corrected chi connectivity index (χ4v) is 2.45. The van der Waals surface area contributed by atoms with Gasteiger partial charge in [-0.25, -0.2) is 0 Å². The van der Waals surface area contributed by atoms with Gasteiger partial charge in [0.05, 0.1) is 21.7 Å². The second-order valence-electron chi connectivity index (χ2n) is 3.94. The van der Waals surface area contributed by atoms with Gasteiger partial charge in [0.2, 0.25) is 5.91 Å². The highest BCUT2D eigenvalue weighted by Crippen LogP contribution is 2.42. The quantitative estimate of drug-likeness (QED) is 0.724. The van der Waals surface area contributed by atoms with E-state index in [9.17, 15) is 18.0 Å². The average molecular weight is 298 g/mol. The zero-order chi connectivity index (χ0) is 13.5. The molecule has 1 amide bonds. The zero-order valence-corrected chi connectivity index (χ0v) is 10.5. The lowest BCUT2D eigenvalue weighted by molar-refractivity contribution is -0.137. The molecule has 2 rings (SSSR count). The highest BCUT2D eigenvalue weighted by atomic mass is 35.5. The van der Waals surface area contributed by atoms with Crippen molar-refractivity contribution < 1.29 is 18.0 Å². The maximum Gasteiger partial charge on any atom is 0.418 e. The van der Waals surface area contributed by atoms with Crippen LogP contribution in [0.1, 0.15) is 12.0 Å². The third-order valence-corrected chi connectivity index (χ3v) is 3.24. The second-order valence-corrected chi connectivity index (χ2v) is 4.96. The molecule has 1 atom stereocenters. The number of nitrogens with zero attached hydrogens (tertiary/aromatic N) is 1. The molecule has 2 nitrogen and oxygen atoms in total. The number of anilines is 1. The number of hydrogen-bond donors (Lipinski definition) is 0. The molecule has 1 aromatic rings. The fraction of sp³-hybridized carbons (Fsp3) is 0.364. The summed E-state index contributed by atoms with van der Waals surface area (Å²) in [5.74, 6) is -0.450. The lowest BCUT2D eigenvalue weighted by Gasteiger charge is -2.22. The molecule has 98 valence electrons. The van der Waals surface area contributed by atoms with Gasteiger partial charge in [0.1, 0.15) is 0 Å². The summed E-state index contributed by atoms with van der Waals surface area (Å²) in [6.45, 7) is 0.0349. The second kappa shape index (κ2) is 4.63. The summed E-state index contributed by atoms with van der Waals surface area (Å²) in [6, 6.07) is 3.42. The highest BCUT2D eigenvalue weighted by molar-refractivity contribution is 6.34. The topological polar surface area (TPSA) is 20.3 Å². The Bertz CT molecular complexity index is 490. The maximum atomic E-state index is 12.9. The number of alkyl halides is 4. The molecule has 0 bridgehead atoms. The van der Waals surface area contributed by atoms with E-state index in [4.69, 9.17) is 23.2 Å². The molecular weight excluding hydrogens is 290 g/mol. The molecule has 1 saturated heterocycles. The third kappa shape index (κ3) is 2.42. The Balaban J connectivity index is 2.53. The Kier molecular flexibility index (Phi) is 3.47. The van der Waals surface area contributed by atoms with Crippen molar-refractivity contribution in [2.45, 2.75) is 18.0 Å². The molecule has 1 aliphatic rings. The van der Waals surface area contributed by atoms with Crippen molar-refractivity contribution >= 4 is 34.8 Å². The molecule has 1 heterocycles. The van der Waals surface area contributed by atoms with Crippen LogP contribution in [0.4, 0.5) is 18.9 Å². The zero-order valence-electron chi connectivity index (χ0n) is 8.97. The van der Waals surface area contributed by atoms with Crippen LogP contribution >= 0.6 is 23.2 Å². The summed E-state index contributed by atoms with van der Waals surface area (Å²) >= 11 is 11.6. The van der Waals surface area contributed by atoms with Crippen molar-refractivity contribution in [3.05, 3.63) is 28.8 Å². The molecule has 0 aliphatic carbocycles. The number of halogens is 5. The number of carbonyl (C=O) groups is 1. The van der Waals surface area contributed by atoms with E-state index in [1.165, 1.54) is 12.1 Å². The average Bonchev–Trinajstić information content (AvgIpc) is 2.56. The summed E-state index contributed by atoms with van der Waals surface area (Å²) in [4.78, 5) is 12.6. The van der Waals surface area contributed by atoms with Crippen LogP contribution in [0, 0.1) is 0 Å². The number of benzene rings is 1. The molecular formula is C11H8Cl2F3NO. The lowest BCUT2D eigenvalue weighted by atomic mass is 10.1. The first-order valence-electron chi connectivity index (χ1n) is 5.11. The molecule has 1 aromatic carbocycles. The predicted octanol–water partition coefficient (Wildman–Crippen LogP) is 3.70. The van der Waals surface area contributed by atoms with E-state index in [0.717, 1.165) is 11.0 Å². The number of rotatable bonds is 1. The first-order chi connectivity index (χ1) is 8.30. The largest absolute Gasteiger partial charge is 0.418 e. The Labute approximate surface area is 111 Å². The first kappa shape index (κ1) is 13.5. The van der Waals surface area contributed by atoms with Gasteiger partial charge in [-0.15, -0.1) is 11.6 Å². The smallest absolute Gasteiger partial charge is 0.309 e. The van der Waals surface area contributed by atoms with E-state index >= 15 is 0 Å². The van der Waals surface area contributed by atoms with Gasteiger partial charge in [-0.1, -0.05) is 17.7 Å². The fourth-order valence-electron chi connectivity index (χ4n) is 1.90. The maximum absolute atomic E-state index is 12.9. The Morgan fingerprint density at radius 1 is 1.33 bits per heavy atom. The minimum absolute atomic E-state index is 0.0179. The lowest BCUT2D eigenvalue weighted by Crippen LogP contribution is -2.27. The highest BCUT2D eigenvalue weighted by Gasteiger charge is 2.39. The van der Waals surface area contributed by atoms with Gasteiger partial charge < -0.3 is 4.90 Å². The van der Waals surface area contributed by atoms with E-state index in [0.29, 0.717) is 0 Å². The van der Waals surface area contributed by atoms with Crippen molar-refractivity contribution in [1.29, 1.82) is 0 Å². The first-order valence-corrected chi connectivity index (χ1v) is 5.92. The molecule has 0 radical (unpaired) electrons. The summed E-state index contributed by atoms with van der Waals surface area (Å²) < 4.78 is 38.6. The number of hydrogen-bond acceptors (Lipinski definition) is 1. The van der Waals surface area contributed by atoms with E-state index < -0.39 is 23.0 Å². The Morgan fingerprint density at radius 3 is 2.50 bits per heavy atom. The summed E-state index contributed by atoms with van der Waals surface area (Å²) in [6.07, 6.45) is -4.55. The SMILES string of the molecule is O=C1CC(Cl)CN1c1c(Cl)cccc1C(F)(F)F. The molecule has 1 fully saturated rings. The van der Waals surface area contributed by atoms with Gasteiger partial charge in [-0.05, 0) is 12.1 Å². The molecule has 1 aliphatic heterocycles. The number of carbonyl (C=O) groups excluding carboxylic acids is 1. The van der Waals surface area contributed by atoms with Crippen LogP contribution in [-0.4, -0.2) is 17.8 Å². The van der Waals surface area contributed by atoms with Gasteiger partial charge in [-0.2, -0.15) is 13.2 Å². The van der Waals surface area contributed by atoms with Crippen LogP contribution in [0.15, 0.2) is 18.2 Å². The van der Waals surface area contributed by atoms with Gasteiger partial charge >= 0.3 is 6.18 Å². The Hall–Kier alpha value is -0.940. The standard InChI is InChI=1S/C11H8Cl2F3NO/c12-6-4-9(18)17(5-6)10-7(11(14,15)16)2-1-3-8(10)13/h1-3,6H,4-5H2. The van der Waals surface area contributed by atoms with E-state index in [1.807, 2.05) is 0 Å². The van der Waals surface area contributed by atoms with E-state index in [2.05, 4.69) is 0 Å². The normalized spacial score (nSPS) is 20.6. The van der Waals surface area contributed by atoms with Crippen molar-refractivity contribution in [2.75, 3.05) is 11.4 Å². The van der Waals surface area contributed by atoms with Gasteiger partial charge in [-0.3, -0.25) is 4.79 Å². The van der Waals surface area contributed by atoms with Gasteiger partial charge in [0.15, 0.2) is 0 Å². The van der Waals surface area contributed by atoms with Crippen molar-refractivity contribution in [3.8, 4) is 0 Å². The van der Waals surface area contributed by atoms with Crippen molar-refractivity contribution in [1.82, 2.24) is 0 Å². The minimum atomic E-state index is -4.56.